The minimum atomic E-state index is -0.981. The van der Waals surface area contributed by atoms with Crippen LogP contribution < -0.4 is 0 Å². The first-order chi connectivity index (χ1) is 8.04. The number of benzene rings is 2. The molecule has 0 saturated heterocycles. The van der Waals surface area contributed by atoms with Gasteiger partial charge in [-0.2, -0.15) is 0 Å². The van der Waals surface area contributed by atoms with Crippen LogP contribution >= 0.6 is 0 Å². The molecule has 4 heteroatoms. The van der Waals surface area contributed by atoms with E-state index in [1.54, 1.807) is 12.1 Å². The van der Waals surface area contributed by atoms with Crippen LogP contribution in [0.2, 0.25) is 0 Å². The van der Waals surface area contributed by atoms with Gasteiger partial charge in [-0.05, 0) is 22.9 Å². The lowest BCUT2D eigenvalue weighted by Gasteiger charge is -2.00. The third-order valence-electron chi connectivity index (χ3n) is 2.02. The molecule has 2 rings (SSSR count). The highest BCUT2D eigenvalue weighted by molar-refractivity contribution is 5.85. The number of rotatable bonds is 1. The summed E-state index contributed by atoms with van der Waals surface area (Å²) in [6, 6.07) is 10.6. The summed E-state index contributed by atoms with van der Waals surface area (Å²) < 4.78 is 0. The molecule has 0 aliphatic carbocycles. The molecule has 17 heavy (non-hydrogen) atoms. The van der Waals surface area contributed by atoms with Crippen molar-refractivity contribution < 1.29 is 20.1 Å². The summed E-state index contributed by atoms with van der Waals surface area (Å²) in [5, 5.41) is 27.8. The van der Waals surface area contributed by atoms with E-state index in [1.807, 2.05) is 24.3 Å². The van der Waals surface area contributed by atoms with Gasteiger partial charge in [0, 0.05) is 6.08 Å². The van der Waals surface area contributed by atoms with Crippen molar-refractivity contribution in [2.75, 3.05) is 0 Å². The van der Waals surface area contributed by atoms with E-state index in [4.69, 9.17) is 15.3 Å². The van der Waals surface area contributed by atoms with Gasteiger partial charge in [0.15, 0.2) is 11.5 Å². The van der Waals surface area contributed by atoms with E-state index in [2.05, 4.69) is 6.58 Å². The Bertz CT molecular complexity index is 506. The van der Waals surface area contributed by atoms with Gasteiger partial charge in [0.2, 0.25) is 0 Å². The smallest absolute Gasteiger partial charge is 0.327 e. The number of aromatic hydroxyl groups is 2. The first-order valence-electron chi connectivity index (χ1n) is 4.80. The maximum atomic E-state index is 9.25. The number of phenolic OH excluding ortho intramolecular Hbond substituents is 2. The minimum Gasteiger partial charge on any atom is -0.504 e. The lowest BCUT2D eigenvalue weighted by molar-refractivity contribution is -0.131. The lowest BCUT2D eigenvalue weighted by atomic mass is 10.1. The first-order valence-corrected chi connectivity index (χ1v) is 4.80. The Kier molecular flexibility index (Phi) is 4.11. The van der Waals surface area contributed by atoms with Crippen LogP contribution in [0.5, 0.6) is 11.5 Å². The first kappa shape index (κ1) is 12.6. The fourth-order valence-corrected chi connectivity index (χ4v) is 1.22. The number of carbonyl (C=O) groups is 1. The fourth-order valence-electron chi connectivity index (χ4n) is 1.22. The summed E-state index contributed by atoms with van der Waals surface area (Å²) in [7, 11) is 0. The SMILES string of the molecule is C=CC(=O)O.Oc1cc2ccccc2cc1O. The summed E-state index contributed by atoms with van der Waals surface area (Å²) in [6.07, 6.45) is 0.833. The number of fused-ring (bicyclic) bond motifs is 1. The average molecular weight is 232 g/mol. The van der Waals surface area contributed by atoms with Crippen LogP contribution in [-0.4, -0.2) is 21.3 Å². The van der Waals surface area contributed by atoms with Crippen LogP contribution in [0.4, 0.5) is 0 Å². The summed E-state index contributed by atoms with van der Waals surface area (Å²) in [4.78, 5) is 9.25. The van der Waals surface area contributed by atoms with Gasteiger partial charge in [0.25, 0.3) is 0 Å². The number of hydrogen-bond acceptors (Lipinski definition) is 3. The van der Waals surface area contributed by atoms with Gasteiger partial charge in [0.1, 0.15) is 0 Å². The van der Waals surface area contributed by atoms with E-state index in [0.29, 0.717) is 0 Å². The topological polar surface area (TPSA) is 77.8 Å². The Morgan fingerprint density at radius 1 is 1.06 bits per heavy atom. The van der Waals surface area contributed by atoms with E-state index in [9.17, 15) is 4.79 Å². The van der Waals surface area contributed by atoms with Gasteiger partial charge < -0.3 is 15.3 Å². The Labute approximate surface area is 98.1 Å². The Morgan fingerprint density at radius 3 is 1.71 bits per heavy atom. The predicted octanol–water partition coefficient (Wildman–Crippen LogP) is 2.51. The van der Waals surface area contributed by atoms with Crippen molar-refractivity contribution in [3.63, 3.8) is 0 Å². The monoisotopic (exact) mass is 232 g/mol. The molecule has 0 aromatic heterocycles. The normalized spacial score (nSPS) is 9.18. The zero-order valence-corrected chi connectivity index (χ0v) is 9.00. The molecule has 88 valence electrons. The molecule has 4 nitrogen and oxygen atoms in total. The van der Waals surface area contributed by atoms with Crippen molar-refractivity contribution in [1.29, 1.82) is 0 Å². The number of phenols is 2. The standard InChI is InChI=1S/C10H8O2.C3H4O2/c11-9-5-7-3-1-2-4-8(7)6-10(9)12;1-2-3(4)5/h1-6,11-12H;2H,1H2,(H,4,5). The molecule has 0 fully saturated rings. The second-order valence-corrected chi connectivity index (χ2v) is 3.23. The van der Waals surface area contributed by atoms with Gasteiger partial charge in [-0.15, -0.1) is 0 Å². The van der Waals surface area contributed by atoms with Gasteiger partial charge in [-0.3, -0.25) is 0 Å². The van der Waals surface area contributed by atoms with Gasteiger partial charge >= 0.3 is 5.97 Å². The number of carboxylic acid groups (broad SMARTS) is 1. The molecule has 3 N–H and O–H groups in total. The molecule has 0 saturated carbocycles. The molecular formula is C13H12O4. The molecule has 0 unspecified atom stereocenters. The maximum absolute atomic E-state index is 9.25. The highest BCUT2D eigenvalue weighted by atomic mass is 16.4. The summed E-state index contributed by atoms with van der Waals surface area (Å²) >= 11 is 0. The predicted molar refractivity (Wildman–Crippen MR) is 65.1 cm³/mol. The largest absolute Gasteiger partial charge is 0.504 e. The Balaban J connectivity index is 0.000000249. The quantitative estimate of drug-likeness (QED) is 0.521. The van der Waals surface area contributed by atoms with Crippen LogP contribution in [0, 0.1) is 0 Å². The van der Waals surface area contributed by atoms with Gasteiger partial charge in [-0.1, -0.05) is 30.8 Å². The van der Waals surface area contributed by atoms with E-state index < -0.39 is 5.97 Å². The highest BCUT2D eigenvalue weighted by Gasteiger charge is 1.99. The van der Waals surface area contributed by atoms with E-state index in [1.165, 1.54) is 0 Å². The summed E-state index contributed by atoms with van der Waals surface area (Å²) in [5.41, 5.74) is 0. The van der Waals surface area contributed by atoms with E-state index >= 15 is 0 Å². The van der Waals surface area contributed by atoms with Crippen molar-refractivity contribution in [2.24, 2.45) is 0 Å². The minimum absolute atomic E-state index is 0.0753. The lowest BCUT2D eigenvalue weighted by Crippen LogP contribution is -1.82. The number of carboxylic acids is 1. The van der Waals surface area contributed by atoms with Crippen LogP contribution in [0.25, 0.3) is 10.8 Å². The van der Waals surface area contributed by atoms with E-state index in [0.717, 1.165) is 16.8 Å². The van der Waals surface area contributed by atoms with Crippen LogP contribution in [-0.2, 0) is 4.79 Å². The molecule has 0 heterocycles. The molecule has 0 amide bonds. The second kappa shape index (κ2) is 5.55. The molecule has 2 aromatic rings. The Morgan fingerprint density at radius 2 is 1.41 bits per heavy atom. The molecule has 0 bridgehead atoms. The molecule has 0 spiro atoms. The number of hydrogen-bond donors (Lipinski definition) is 3. The molecule has 0 aliphatic heterocycles. The molecule has 0 aliphatic rings. The van der Waals surface area contributed by atoms with Crippen LogP contribution in [0.15, 0.2) is 49.1 Å². The highest BCUT2D eigenvalue weighted by Crippen LogP contribution is 2.29. The van der Waals surface area contributed by atoms with Crippen molar-refractivity contribution in [3.8, 4) is 11.5 Å². The molecule has 2 aromatic carbocycles. The maximum Gasteiger partial charge on any atom is 0.327 e. The zero-order valence-electron chi connectivity index (χ0n) is 9.00. The van der Waals surface area contributed by atoms with Crippen LogP contribution in [0.3, 0.4) is 0 Å². The third kappa shape index (κ3) is 3.53. The summed E-state index contributed by atoms with van der Waals surface area (Å²) in [6.45, 7) is 2.96. The van der Waals surface area contributed by atoms with E-state index in [-0.39, 0.29) is 11.5 Å². The molecule has 0 radical (unpaired) electrons. The van der Waals surface area contributed by atoms with Crippen LogP contribution in [0.1, 0.15) is 0 Å². The fraction of sp³-hybridized carbons (Fsp3) is 0. The Hall–Kier alpha value is -2.49. The average Bonchev–Trinajstić information content (AvgIpc) is 2.31. The van der Waals surface area contributed by atoms with Crippen molar-refractivity contribution >= 4 is 16.7 Å². The van der Waals surface area contributed by atoms with Crippen molar-refractivity contribution in [2.45, 2.75) is 0 Å². The summed E-state index contributed by atoms with van der Waals surface area (Å²) in [5.74, 6) is -1.13. The third-order valence-corrected chi connectivity index (χ3v) is 2.02. The second-order valence-electron chi connectivity index (χ2n) is 3.23. The van der Waals surface area contributed by atoms with Crippen molar-refractivity contribution in [3.05, 3.63) is 49.1 Å². The number of aliphatic carboxylic acids is 1. The molecular weight excluding hydrogens is 220 g/mol. The van der Waals surface area contributed by atoms with Gasteiger partial charge in [0.05, 0.1) is 0 Å². The molecule has 0 atom stereocenters. The zero-order chi connectivity index (χ0) is 12.8. The van der Waals surface area contributed by atoms with Gasteiger partial charge in [-0.25, -0.2) is 4.79 Å². The van der Waals surface area contributed by atoms with Crippen molar-refractivity contribution in [1.82, 2.24) is 0 Å².